The first-order valence-corrected chi connectivity index (χ1v) is 12.0. The number of pyridine rings is 1. The number of aromatic nitrogens is 2. The number of hydrogen-bond donors (Lipinski definition) is 1. The van der Waals surface area contributed by atoms with Crippen LogP contribution < -0.4 is 14.8 Å². The summed E-state index contributed by atoms with van der Waals surface area (Å²) in [5, 5.41) is 4.63. The number of hydrogen-bond acceptors (Lipinski definition) is 4. The Morgan fingerprint density at radius 3 is 2.44 bits per heavy atom. The number of fused-ring (bicyclic) bond motifs is 3. The Hall–Kier alpha value is -4.79. The SMILES string of the molecule is COc1ccc(OC)c(/C=C/C(=O)NCc2cc3c4ccccc4n(-c4ccc(C(F)(F)F)cc4)c3cn2)c1. The lowest BCUT2D eigenvalue weighted by Gasteiger charge is -2.11. The molecule has 1 amide bonds. The van der Waals surface area contributed by atoms with Gasteiger partial charge in [0.05, 0.1) is 49.3 Å². The summed E-state index contributed by atoms with van der Waals surface area (Å²) in [6, 6.07) is 19.9. The molecule has 5 rings (SSSR count). The Kier molecular flexibility index (Phi) is 6.98. The second-order valence-corrected chi connectivity index (χ2v) is 8.75. The quantitative estimate of drug-likeness (QED) is 0.242. The summed E-state index contributed by atoms with van der Waals surface area (Å²) in [5.41, 5.74) is 2.81. The lowest BCUT2D eigenvalue weighted by atomic mass is 10.1. The molecule has 0 radical (unpaired) electrons. The van der Waals surface area contributed by atoms with Crippen LogP contribution in [0.1, 0.15) is 16.8 Å². The lowest BCUT2D eigenvalue weighted by Crippen LogP contribution is -2.20. The highest BCUT2D eigenvalue weighted by molar-refractivity contribution is 6.09. The third-order valence-corrected chi connectivity index (χ3v) is 6.36. The zero-order valence-corrected chi connectivity index (χ0v) is 21.1. The summed E-state index contributed by atoms with van der Waals surface area (Å²) < 4.78 is 51.7. The molecule has 6 nitrogen and oxygen atoms in total. The van der Waals surface area contributed by atoms with Gasteiger partial charge >= 0.3 is 6.18 Å². The molecule has 9 heteroatoms. The minimum absolute atomic E-state index is 0.189. The molecular formula is C30H24F3N3O3. The molecule has 0 bridgehead atoms. The van der Waals surface area contributed by atoms with Gasteiger partial charge in [-0.25, -0.2) is 0 Å². The van der Waals surface area contributed by atoms with Crippen LogP contribution in [0.5, 0.6) is 11.5 Å². The average molecular weight is 532 g/mol. The molecule has 3 aromatic carbocycles. The van der Waals surface area contributed by atoms with Crippen molar-refractivity contribution in [1.29, 1.82) is 0 Å². The van der Waals surface area contributed by atoms with Gasteiger partial charge in [0.2, 0.25) is 5.91 Å². The first kappa shape index (κ1) is 25.8. The largest absolute Gasteiger partial charge is 0.497 e. The van der Waals surface area contributed by atoms with Crippen molar-refractivity contribution in [3.05, 3.63) is 102 Å². The van der Waals surface area contributed by atoms with Crippen molar-refractivity contribution < 1.29 is 27.4 Å². The van der Waals surface area contributed by atoms with E-state index in [1.807, 2.05) is 34.9 Å². The molecule has 0 unspecified atom stereocenters. The zero-order valence-electron chi connectivity index (χ0n) is 21.1. The maximum Gasteiger partial charge on any atom is 0.416 e. The molecule has 0 fully saturated rings. The monoisotopic (exact) mass is 531 g/mol. The summed E-state index contributed by atoms with van der Waals surface area (Å²) in [6.45, 7) is 0.189. The van der Waals surface area contributed by atoms with E-state index in [-0.39, 0.29) is 12.5 Å². The van der Waals surface area contributed by atoms with Crippen molar-refractivity contribution in [2.75, 3.05) is 14.2 Å². The van der Waals surface area contributed by atoms with E-state index in [9.17, 15) is 18.0 Å². The Labute approximate surface area is 222 Å². The second-order valence-electron chi connectivity index (χ2n) is 8.75. The molecule has 1 N–H and O–H groups in total. The molecule has 0 aliphatic carbocycles. The standard InChI is InChI=1S/C30H24F3N3O3/c1-38-23-12-13-28(39-2)19(15-23)7-14-29(37)35-17-21-16-25-24-5-3-4-6-26(24)36(27(25)18-34-21)22-10-8-20(9-11-22)30(31,32)33/h3-16,18H,17H2,1-2H3,(H,35,37)/b14-7+. The minimum atomic E-state index is -4.41. The maximum absolute atomic E-state index is 13.1. The molecule has 0 spiro atoms. The van der Waals surface area contributed by atoms with Crippen molar-refractivity contribution in [2.45, 2.75) is 12.7 Å². The van der Waals surface area contributed by atoms with Crippen LogP contribution >= 0.6 is 0 Å². The smallest absolute Gasteiger partial charge is 0.416 e. The number of carbonyl (C=O) groups is 1. The number of halogens is 3. The molecular weight excluding hydrogens is 507 g/mol. The summed E-state index contributed by atoms with van der Waals surface area (Å²) in [4.78, 5) is 17.0. The highest BCUT2D eigenvalue weighted by atomic mass is 19.4. The van der Waals surface area contributed by atoms with E-state index in [4.69, 9.17) is 9.47 Å². The maximum atomic E-state index is 13.1. The number of benzene rings is 3. The molecule has 5 aromatic rings. The van der Waals surface area contributed by atoms with Gasteiger partial charge in [0, 0.05) is 28.1 Å². The normalized spacial score (nSPS) is 11.8. The van der Waals surface area contributed by atoms with Gasteiger partial charge in [-0.15, -0.1) is 0 Å². The molecule has 0 saturated carbocycles. The van der Waals surface area contributed by atoms with Crippen LogP contribution in [-0.4, -0.2) is 29.7 Å². The predicted molar refractivity (Wildman–Crippen MR) is 144 cm³/mol. The fraction of sp³-hybridized carbons (Fsp3) is 0.133. The number of carbonyl (C=O) groups excluding carboxylic acids is 1. The molecule has 198 valence electrons. The van der Waals surface area contributed by atoms with E-state index in [1.54, 1.807) is 44.7 Å². The highest BCUT2D eigenvalue weighted by Gasteiger charge is 2.30. The highest BCUT2D eigenvalue weighted by Crippen LogP contribution is 2.34. The number of ether oxygens (including phenoxy) is 2. The summed E-state index contributed by atoms with van der Waals surface area (Å²) in [7, 11) is 3.11. The molecule has 0 aliphatic rings. The second kappa shape index (κ2) is 10.5. The van der Waals surface area contributed by atoms with E-state index < -0.39 is 11.7 Å². The minimum Gasteiger partial charge on any atom is -0.497 e. The third kappa shape index (κ3) is 5.29. The number of rotatable bonds is 7. The van der Waals surface area contributed by atoms with E-state index in [0.29, 0.717) is 28.4 Å². The van der Waals surface area contributed by atoms with Crippen LogP contribution in [0.25, 0.3) is 33.6 Å². The molecule has 2 heterocycles. The molecule has 0 atom stereocenters. The van der Waals surface area contributed by atoms with Crippen LogP contribution in [0.3, 0.4) is 0 Å². The first-order chi connectivity index (χ1) is 18.8. The van der Waals surface area contributed by atoms with Gasteiger partial charge in [-0.05, 0) is 60.7 Å². The van der Waals surface area contributed by atoms with Crippen LogP contribution in [0.15, 0.2) is 85.1 Å². The van der Waals surface area contributed by atoms with Crippen LogP contribution in [0.2, 0.25) is 0 Å². The summed E-state index contributed by atoms with van der Waals surface area (Å²) in [5.74, 6) is 0.939. The van der Waals surface area contributed by atoms with Crippen molar-refractivity contribution in [1.82, 2.24) is 14.9 Å². The van der Waals surface area contributed by atoms with E-state index >= 15 is 0 Å². The number of para-hydroxylation sites is 1. The van der Waals surface area contributed by atoms with Gasteiger partial charge in [0.25, 0.3) is 0 Å². The van der Waals surface area contributed by atoms with Crippen LogP contribution in [0, 0.1) is 0 Å². The van der Waals surface area contributed by atoms with Crippen molar-refractivity contribution in [2.24, 2.45) is 0 Å². The van der Waals surface area contributed by atoms with Gasteiger partial charge in [-0.1, -0.05) is 18.2 Å². The third-order valence-electron chi connectivity index (χ3n) is 6.36. The number of nitrogens with one attached hydrogen (secondary N) is 1. The zero-order chi connectivity index (χ0) is 27.6. The Bertz CT molecular complexity index is 1690. The molecule has 0 aliphatic heterocycles. The van der Waals surface area contributed by atoms with Gasteiger partial charge in [-0.3, -0.25) is 9.78 Å². The van der Waals surface area contributed by atoms with Crippen molar-refractivity contribution >= 4 is 33.8 Å². The fourth-order valence-electron chi connectivity index (χ4n) is 4.46. The van der Waals surface area contributed by atoms with E-state index in [2.05, 4.69) is 10.3 Å². The first-order valence-electron chi connectivity index (χ1n) is 12.0. The van der Waals surface area contributed by atoms with Gasteiger partial charge < -0.3 is 19.4 Å². The number of amides is 1. The summed E-state index contributed by atoms with van der Waals surface area (Å²) >= 11 is 0. The molecule has 39 heavy (non-hydrogen) atoms. The topological polar surface area (TPSA) is 65.4 Å². The van der Waals surface area contributed by atoms with Crippen molar-refractivity contribution in [3.63, 3.8) is 0 Å². The molecule has 0 saturated heterocycles. The summed E-state index contributed by atoms with van der Waals surface area (Å²) in [6.07, 6.45) is 0.318. The van der Waals surface area contributed by atoms with Gasteiger partial charge in [0.1, 0.15) is 11.5 Å². The van der Waals surface area contributed by atoms with Crippen molar-refractivity contribution in [3.8, 4) is 17.2 Å². The Morgan fingerprint density at radius 1 is 0.949 bits per heavy atom. The Morgan fingerprint density at radius 2 is 1.72 bits per heavy atom. The average Bonchev–Trinajstić information content (AvgIpc) is 3.28. The predicted octanol–water partition coefficient (Wildman–Crippen LogP) is 6.54. The number of alkyl halides is 3. The van der Waals surface area contributed by atoms with Crippen LogP contribution in [-0.2, 0) is 17.5 Å². The van der Waals surface area contributed by atoms with Gasteiger partial charge in [0.15, 0.2) is 0 Å². The van der Waals surface area contributed by atoms with E-state index in [1.165, 1.54) is 18.2 Å². The number of nitrogens with zero attached hydrogens (tertiary/aromatic N) is 2. The number of methoxy groups -OCH3 is 2. The van der Waals surface area contributed by atoms with Crippen LogP contribution in [0.4, 0.5) is 13.2 Å². The lowest BCUT2D eigenvalue weighted by molar-refractivity contribution is -0.137. The fourth-order valence-corrected chi connectivity index (χ4v) is 4.46. The molecule has 2 aromatic heterocycles. The van der Waals surface area contributed by atoms with E-state index in [0.717, 1.165) is 33.9 Å². The van der Waals surface area contributed by atoms with Gasteiger partial charge in [-0.2, -0.15) is 13.2 Å². The Balaban J connectivity index is 1.40.